The third-order valence-electron chi connectivity index (χ3n) is 2.44. The molecule has 1 heterocycles. The van der Waals surface area contributed by atoms with Crippen LogP contribution in [0.25, 0.3) is 0 Å². The maximum Gasteiger partial charge on any atom is 0.200 e. The van der Waals surface area contributed by atoms with Crippen LogP contribution in [0.3, 0.4) is 0 Å². The summed E-state index contributed by atoms with van der Waals surface area (Å²) < 4.78 is 5.26. The van der Waals surface area contributed by atoms with E-state index in [0.717, 1.165) is 11.3 Å². The van der Waals surface area contributed by atoms with Crippen molar-refractivity contribution in [2.75, 3.05) is 6.61 Å². The quantitative estimate of drug-likeness (QED) is 0.365. The zero-order valence-corrected chi connectivity index (χ0v) is 13.0. The molecule has 0 saturated carbocycles. The minimum absolute atomic E-state index is 0.183. The standard InChI is InChI=1S/C14H16ClNO2S/c1-5-18-14(19)11(8(2)3)12(17)10-7-6-9(4)16-13(10)15/h6-7H,5H2,1-4H3. The lowest BCUT2D eigenvalue weighted by Gasteiger charge is -2.11. The number of Topliss-reactive ketones (excluding diaryl/α,β-unsaturated/α-hetero) is 1. The molecule has 0 fully saturated rings. The number of aromatic nitrogens is 1. The number of ether oxygens (including phenoxy) is 1. The predicted molar refractivity (Wildman–Crippen MR) is 80.9 cm³/mol. The summed E-state index contributed by atoms with van der Waals surface area (Å²) in [5, 5.41) is 0.382. The smallest absolute Gasteiger partial charge is 0.200 e. The molecule has 0 atom stereocenters. The SMILES string of the molecule is CCOC(=S)C(C(=O)c1ccc(C)nc1Cl)=C(C)C. The fourth-order valence-electron chi connectivity index (χ4n) is 1.56. The molecule has 0 amide bonds. The summed E-state index contributed by atoms with van der Waals surface area (Å²) in [5.41, 5.74) is 2.27. The molecule has 0 aliphatic carbocycles. The van der Waals surface area contributed by atoms with Gasteiger partial charge in [0.25, 0.3) is 0 Å². The van der Waals surface area contributed by atoms with Gasteiger partial charge in [0.2, 0.25) is 5.78 Å². The lowest BCUT2D eigenvalue weighted by Crippen LogP contribution is -2.16. The second-order valence-corrected chi connectivity index (χ2v) is 4.94. The van der Waals surface area contributed by atoms with Gasteiger partial charge in [-0.25, -0.2) is 4.98 Å². The monoisotopic (exact) mass is 297 g/mol. The van der Waals surface area contributed by atoms with Crippen molar-refractivity contribution in [3.05, 3.63) is 39.7 Å². The number of pyridine rings is 1. The number of thiocarbonyl (C=S) groups is 1. The van der Waals surface area contributed by atoms with E-state index in [2.05, 4.69) is 4.98 Å². The average molecular weight is 298 g/mol. The molecule has 0 aromatic carbocycles. The van der Waals surface area contributed by atoms with Crippen LogP contribution in [0.2, 0.25) is 5.15 Å². The highest BCUT2D eigenvalue weighted by Gasteiger charge is 2.22. The molecule has 3 nitrogen and oxygen atoms in total. The van der Waals surface area contributed by atoms with Crippen LogP contribution in [0.1, 0.15) is 36.8 Å². The maximum absolute atomic E-state index is 12.5. The Morgan fingerprint density at radius 1 is 1.42 bits per heavy atom. The van der Waals surface area contributed by atoms with Crippen molar-refractivity contribution in [3.8, 4) is 0 Å². The average Bonchev–Trinajstić information content (AvgIpc) is 2.28. The van der Waals surface area contributed by atoms with Gasteiger partial charge < -0.3 is 4.74 Å². The Hall–Kier alpha value is -1.26. The first kappa shape index (κ1) is 15.8. The number of aryl methyl sites for hydroxylation is 1. The number of hydrogen-bond acceptors (Lipinski definition) is 4. The summed E-state index contributed by atoms with van der Waals surface area (Å²) in [7, 11) is 0. The molecule has 19 heavy (non-hydrogen) atoms. The molecular weight excluding hydrogens is 282 g/mol. The first-order chi connectivity index (χ1) is 8.88. The molecule has 5 heteroatoms. The first-order valence-corrected chi connectivity index (χ1v) is 6.69. The van der Waals surface area contributed by atoms with Crippen molar-refractivity contribution in [1.29, 1.82) is 0 Å². The van der Waals surface area contributed by atoms with Gasteiger partial charge >= 0.3 is 0 Å². The molecule has 0 aliphatic heterocycles. The summed E-state index contributed by atoms with van der Waals surface area (Å²) in [5.74, 6) is -0.254. The van der Waals surface area contributed by atoms with Crippen molar-refractivity contribution in [2.45, 2.75) is 27.7 Å². The number of hydrogen-bond donors (Lipinski definition) is 0. The van der Waals surface area contributed by atoms with E-state index in [0.29, 0.717) is 17.7 Å². The van der Waals surface area contributed by atoms with Crippen molar-refractivity contribution in [1.82, 2.24) is 4.98 Å². The zero-order chi connectivity index (χ0) is 14.6. The fraction of sp³-hybridized carbons (Fsp3) is 0.357. The molecule has 0 aliphatic rings. The van der Waals surface area contributed by atoms with Crippen LogP contribution in [-0.4, -0.2) is 22.4 Å². The first-order valence-electron chi connectivity index (χ1n) is 5.91. The van der Waals surface area contributed by atoms with E-state index in [9.17, 15) is 4.79 Å². The molecule has 0 N–H and O–H groups in total. The van der Waals surface area contributed by atoms with Crippen molar-refractivity contribution in [3.63, 3.8) is 0 Å². The third-order valence-corrected chi connectivity index (χ3v) is 3.05. The number of ketones is 1. The minimum atomic E-state index is -0.254. The molecular formula is C14H16ClNO2S. The summed E-state index contributed by atoms with van der Waals surface area (Å²) >= 11 is 11.1. The Morgan fingerprint density at radius 3 is 2.53 bits per heavy atom. The van der Waals surface area contributed by atoms with Crippen molar-refractivity contribution >= 4 is 34.7 Å². The van der Waals surface area contributed by atoms with Gasteiger partial charge in [-0.3, -0.25) is 4.79 Å². The van der Waals surface area contributed by atoms with Gasteiger partial charge in [0, 0.05) is 5.69 Å². The molecule has 0 bridgehead atoms. The van der Waals surface area contributed by atoms with Crippen LogP contribution in [-0.2, 0) is 4.74 Å². The van der Waals surface area contributed by atoms with Crippen LogP contribution in [0.5, 0.6) is 0 Å². The van der Waals surface area contributed by atoms with Gasteiger partial charge in [0.1, 0.15) is 5.15 Å². The Balaban J connectivity index is 3.22. The number of rotatable bonds is 4. The van der Waals surface area contributed by atoms with E-state index in [4.69, 9.17) is 28.6 Å². The Kier molecular flexibility index (Phi) is 5.63. The van der Waals surface area contributed by atoms with E-state index in [1.165, 1.54) is 0 Å². The van der Waals surface area contributed by atoms with Crippen molar-refractivity contribution < 1.29 is 9.53 Å². The lowest BCUT2D eigenvalue weighted by atomic mass is 10.0. The number of carbonyl (C=O) groups excluding carboxylic acids is 1. The number of allylic oxidation sites excluding steroid dienone is 1. The van der Waals surface area contributed by atoms with Gasteiger partial charge in [0.05, 0.1) is 17.7 Å². The highest BCUT2D eigenvalue weighted by Crippen LogP contribution is 2.21. The number of nitrogens with zero attached hydrogens (tertiary/aromatic N) is 1. The van der Waals surface area contributed by atoms with E-state index in [1.54, 1.807) is 12.1 Å². The molecule has 0 saturated heterocycles. The van der Waals surface area contributed by atoms with Crippen molar-refractivity contribution in [2.24, 2.45) is 0 Å². The number of halogens is 1. The summed E-state index contributed by atoms with van der Waals surface area (Å²) in [4.78, 5) is 16.6. The Labute approximate surface area is 123 Å². The van der Waals surface area contributed by atoms with Crippen LogP contribution >= 0.6 is 23.8 Å². The second kappa shape index (κ2) is 6.78. The molecule has 1 aromatic heterocycles. The van der Waals surface area contributed by atoms with Crippen LogP contribution in [0, 0.1) is 6.92 Å². The topological polar surface area (TPSA) is 39.2 Å². The van der Waals surface area contributed by atoms with Gasteiger partial charge in [-0.1, -0.05) is 17.2 Å². The molecule has 1 aromatic rings. The normalized spacial score (nSPS) is 9.95. The molecule has 1 rings (SSSR count). The largest absolute Gasteiger partial charge is 0.483 e. The third kappa shape index (κ3) is 3.85. The second-order valence-electron chi connectivity index (χ2n) is 4.22. The minimum Gasteiger partial charge on any atom is -0.483 e. The van der Waals surface area contributed by atoms with E-state index in [1.807, 2.05) is 27.7 Å². The molecule has 102 valence electrons. The summed E-state index contributed by atoms with van der Waals surface area (Å²) in [6, 6.07) is 3.40. The fourth-order valence-corrected chi connectivity index (χ4v) is 2.25. The summed E-state index contributed by atoms with van der Waals surface area (Å²) in [6.07, 6.45) is 0. The lowest BCUT2D eigenvalue weighted by molar-refractivity contribution is 0.103. The number of carbonyl (C=O) groups is 1. The van der Waals surface area contributed by atoms with Crippen LogP contribution in [0.4, 0.5) is 0 Å². The highest BCUT2D eigenvalue weighted by molar-refractivity contribution is 7.80. The Bertz CT molecular complexity index is 548. The van der Waals surface area contributed by atoms with Gasteiger partial charge in [0.15, 0.2) is 5.05 Å². The maximum atomic E-state index is 12.5. The van der Waals surface area contributed by atoms with E-state index in [-0.39, 0.29) is 16.0 Å². The summed E-state index contributed by atoms with van der Waals surface area (Å²) in [6.45, 7) is 7.68. The van der Waals surface area contributed by atoms with Gasteiger partial charge in [-0.15, -0.1) is 0 Å². The van der Waals surface area contributed by atoms with Gasteiger partial charge in [-0.2, -0.15) is 0 Å². The van der Waals surface area contributed by atoms with Crippen LogP contribution in [0.15, 0.2) is 23.3 Å². The van der Waals surface area contributed by atoms with E-state index >= 15 is 0 Å². The van der Waals surface area contributed by atoms with Gasteiger partial charge in [-0.05, 0) is 52.0 Å². The molecule has 0 radical (unpaired) electrons. The molecule has 0 spiro atoms. The Morgan fingerprint density at radius 2 is 2.05 bits per heavy atom. The molecule has 0 unspecified atom stereocenters. The highest BCUT2D eigenvalue weighted by atomic mass is 35.5. The van der Waals surface area contributed by atoms with Crippen LogP contribution < -0.4 is 0 Å². The zero-order valence-electron chi connectivity index (χ0n) is 11.4. The van der Waals surface area contributed by atoms with E-state index < -0.39 is 0 Å². The predicted octanol–water partition coefficient (Wildman–Crippen LogP) is 3.93.